The second-order valence-electron chi connectivity index (χ2n) is 6.37. The molecule has 1 aliphatic heterocycles. The fraction of sp³-hybridized carbons (Fsp3) is 0.333. The number of aryl methyl sites for hydroxylation is 1. The normalized spacial score (nSPS) is 17.1. The molecule has 0 aliphatic carbocycles. The van der Waals surface area contributed by atoms with E-state index in [4.69, 9.17) is 10.00 Å². The average Bonchev–Trinajstić information content (AvgIpc) is 3.11. The lowest BCUT2D eigenvalue weighted by Gasteiger charge is -2.19. The van der Waals surface area contributed by atoms with E-state index in [0.717, 1.165) is 0 Å². The number of rotatable bonds is 5. The number of ether oxygens (including phenoxy) is 1. The van der Waals surface area contributed by atoms with Gasteiger partial charge in [0.05, 0.1) is 11.4 Å². The lowest BCUT2D eigenvalue weighted by atomic mass is 10.2. The number of carbonyl (C=O) groups is 1. The van der Waals surface area contributed by atoms with Gasteiger partial charge in [-0.3, -0.25) is 4.79 Å². The van der Waals surface area contributed by atoms with Crippen LogP contribution in [0.15, 0.2) is 35.5 Å². The highest BCUT2D eigenvalue weighted by Gasteiger charge is 2.35. The van der Waals surface area contributed by atoms with Gasteiger partial charge in [0.2, 0.25) is 21.6 Å². The molecule has 1 saturated heterocycles. The van der Waals surface area contributed by atoms with Crippen molar-refractivity contribution in [2.24, 2.45) is 0 Å². The Morgan fingerprint density at radius 3 is 2.79 bits per heavy atom. The third kappa shape index (κ3) is 4.11. The van der Waals surface area contributed by atoms with Crippen molar-refractivity contribution >= 4 is 21.6 Å². The van der Waals surface area contributed by atoms with E-state index < -0.39 is 16.1 Å². The first-order chi connectivity index (χ1) is 13.3. The molecule has 2 heterocycles. The van der Waals surface area contributed by atoms with Gasteiger partial charge in [0.15, 0.2) is 0 Å². The molecule has 0 saturated carbocycles. The first-order valence-electron chi connectivity index (χ1n) is 8.57. The van der Waals surface area contributed by atoms with Crippen molar-refractivity contribution in [2.45, 2.75) is 31.3 Å². The predicted octanol–water partition coefficient (Wildman–Crippen LogP) is 1.46. The zero-order valence-electron chi connectivity index (χ0n) is 15.4. The maximum Gasteiger partial charge on any atom is 0.251 e. The van der Waals surface area contributed by atoms with E-state index in [1.54, 1.807) is 19.1 Å². The van der Waals surface area contributed by atoms with Crippen molar-refractivity contribution in [2.75, 3.05) is 18.4 Å². The van der Waals surface area contributed by atoms with Gasteiger partial charge in [0.1, 0.15) is 12.2 Å². The fourth-order valence-corrected chi connectivity index (χ4v) is 4.71. The summed E-state index contributed by atoms with van der Waals surface area (Å²) in [6.45, 7) is 3.51. The van der Waals surface area contributed by atoms with Crippen LogP contribution in [0.3, 0.4) is 0 Å². The van der Waals surface area contributed by atoms with Gasteiger partial charge in [0.25, 0.3) is 5.88 Å². The summed E-state index contributed by atoms with van der Waals surface area (Å²) < 4.78 is 33.1. The molecule has 0 radical (unpaired) electrons. The van der Waals surface area contributed by atoms with E-state index in [2.05, 4.69) is 15.3 Å². The van der Waals surface area contributed by atoms with Crippen LogP contribution in [-0.2, 0) is 14.8 Å². The third-order valence-corrected chi connectivity index (χ3v) is 6.30. The SMILES string of the molecule is CC(=O)Nc1ccc(S(=O)(=O)N2CCC(Oc3nccnc3C#N)C2)c(C)c1. The van der Waals surface area contributed by atoms with Crippen LogP contribution in [0.2, 0.25) is 0 Å². The van der Waals surface area contributed by atoms with Crippen molar-refractivity contribution in [3.05, 3.63) is 41.9 Å². The highest BCUT2D eigenvalue weighted by molar-refractivity contribution is 7.89. The van der Waals surface area contributed by atoms with Crippen molar-refractivity contribution in [1.82, 2.24) is 14.3 Å². The summed E-state index contributed by atoms with van der Waals surface area (Å²) in [6.07, 6.45) is 2.87. The minimum Gasteiger partial charge on any atom is -0.471 e. The molecular formula is C18H19N5O4S. The largest absolute Gasteiger partial charge is 0.471 e. The van der Waals surface area contributed by atoms with E-state index in [0.29, 0.717) is 24.2 Å². The number of amides is 1. The van der Waals surface area contributed by atoms with Gasteiger partial charge < -0.3 is 10.1 Å². The number of hydrogen-bond acceptors (Lipinski definition) is 7. The summed E-state index contributed by atoms with van der Waals surface area (Å²) in [5.41, 5.74) is 1.14. The molecule has 1 aromatic carbocycles. The van der Waals surface area contributed by atoms with E-state index in [1.807, 2.05) is 6.07 Å². The molecule has 28 heavy (non-hydrogen) atoms. The minimum atomic E-state index is -3.72. The van der Waals surface area contributed by atoms with Crippen LogP contribution in [0.5, 0.6) is 5.88 Å². The Morgan fingerprint density at radius 1 is 1.36 bits per heavy atom. The van der Waals surface area contributed by atoms with Crippen molar-refractivity contribution in [1.29, 1.82) is 5.26 Å². The Kier molecular flexibility index (Phi) is 5.58. The Hall–Kier alpha value is -3.03. The summed E-state index contributed by atoms with van der Waals surface area (Å²) in [6, 6.07) is 6.57. The van der Waals surface area contributed by atoms with Gasteiger partial charge in [-0.1, -0.05) is 0 Å². The summed E-state index contributed by atoms with van der Waals surface area (Å²) in [5.74, 6) is -0.125. The lowest BCUT2D eigenvalue weighted by Crippen LogP contribution is -2.31. The topological polar surface area (TPSA) is 125 Å². The summed E-state index contributed by atoms with van der Waals surface area (Å²) in [5, 5.41) is 11.7. The van der Waals surface area contributed by atoms with Crippen LogP contribution in [-0.4, -0.2) is 47.8 Å². The minimum absolute atomic E-state index is 0.0632. The fourth-order valence-electron chi connectivity index (χ4n) is 3.02. The number of nitrogens with zero attached hydrogens (tertiary/aromatic N) is 4. The molecule has 1 aliphatic rings. The second kappa shape index (κ2) is 7.92. The number of nitriles is 1. The average molecular weight is 401 g/mol. The van der Waals surface area contributed by atoms with Crippen molar-refractivity contribution in [3.8, 4) is 11.9 Å². The molecule has 10 heteroatoms. The molecular weight excluding hydrogens is 382 g/mol. The van der Waals surface area contributed by atoms with Gasteiger partial charge in [0, 0.05) is 31.5 Å². The van der Waals surface area contributed by atoms with E-state index >= 15 is 0 Å². The Balaban J connectivity index is 1.75. The molecule has 1 atom stereocenters. The molecule has 1 amide bonds. The van der Waals surface area contributed by atoms with Gasteiger partial charge in [-0.25, -0.2) is 18.4 Å². The first-order valence-corrected chi connectivity index (χ1v) is 10.0. The smallest absolute Gasteiger partial charge is 0.251 e. The molecule has 146 valence electrons. The standard InChI is InChI=1S/C18H19N5O4S/c1-12-9-14(22-13(2)24)3-4-17(12)28(25,26)23-8-5-15(11-23)27-18-16(10-19)20-6-7-21-18/h3-4,6-7,9,15H,5,8,11H2,1-2H3,(H,22,24). The zero-order valence-corrected chi connectivity index (χ0v) is 16.2. The second-order valence-corrected chi connectivity index (χ2v) is 8.28. The van der Waals surface area contributed by atoms with Crippen LogP contribution >= 0.6 is 0 Å². The quantitative estimate of drug-likeness (QED) is 0.804. The lowest BCUT2D eigenvalue weighted by molar-refractivity contribution is -0.114. The van der Waals surface area contributed by atoms with Crippen LogP contribution in [0.25, 0.3) is 0 Å². The Bertz CT molecular complexity index is 1050. The van der Waals surface area contributed by atoms with E-state index in [1.165, 1.54) is 29.7 Å². The number of aromatic nitrogens is 2. The Labute approximate surface area is 163 Å². The zero-order chi connectivity index (χ0) is 20.3. The molecule has 0 spiro atoms. The van der Waals surface area contributed by atoms with Gasteiger partial charge in [-0.15, -0.1) is 0 Å². The van der Waals surface area contributed by atoms with Crippen LogP contribution < -0.4 is 10.1 Å². The van der Waals surface area contributed by atoms with Gasteiger partial charge in [-0.05, 0) is 37.1 Å². The van der Waals surface area contributed by atoms with Gasteiger partial charge >= 0.3 is 0 Å². The number of benzene rings is 1. The summed E-state index contributed by atoms with van der Waals surface area (Å²) >= 11 is 0. The number of hydrogen-bond donors (Lipinski definition) is 1. The number of sulfonamides is 1. The molecule has 1 N–H and O–H groups in total. The predicted molar refractivity (Wildman–Crippen MR) is 100 cm³/mol. The van der Waals surface area contributed by atoms with Crippen molar-refractivity contribution in [3.63, 3.8) is 0 Å². The summed E-state index contributed by atoms with van der Waals surface area (Å²) in [4.78, 5) is 19.2. The van der Waals surface area contributed by atoms with Gasteiger partial charge in [-0.2, -0.15) is 9.57 Å². The summed E-state index contributed by atoms with van der Waals surface area (Å²) in [7, 11) is -3.72. The first kappa shape index (κ1) is 19.7. The highest BCUT2D eigenvalue weighted by atomic mass is 32.2. The molecule has 1 unspecified atom stereocenters. The maximum atomic E-state index is 13.0. The molecule has 0 bridgehead atoms. The number of nitrogens with one attached hydrogen (secondary N) is 1. The molecule has 3 rings (SSSR count). The van der Waals surface area contributed by atoms with Crippen LogP contribution in [0, 0.1) is 18.3 Å². The number of carbonyl (C=O) groups excluding carboxylic acids is 1. The highest BCUT2D eigenvalue weighted by Crippen LogP contribution is 2.27. The monoisotopic (exact) mass is 401 g/mol. The number of anilines is 1. The molecule has 1 aromatic heterocycles. The third-order valence-electron chi connectivity index (χ3n) is 4.27. The van der Waals surface area contributed by atoms with Crippen molar-refractivity contribution < 1.29 is 17.9 Å². The van der Waals surface area contributed by atoms with E-state index in [9.17, 15) is 13.2 Å². The van der Waals surface area contributed by atoms with Crippen LogP contribution in [0.1, 0.15) is 24.6 Å². The van der Waals surface area contributed by atoms with E-state index in [-0.39, 0.29) is 28.9 Å². The molecule has 9 nitrogen and oxygen atoms in total. The van der Waals surface area contributed by atoms with Crippen LogP contribution in [0.4, 0.5) is 5.69 Å². The molecule has 2 aromatic rings. The maximum absolute atomic E-state index is 13.0. The molecule has 1 fully saturated rings. The Morgan fingerprint density at radius 2 is 2.11 bits per heavy atom.